The van der Waals surface area contributed by atoms with Gasteiger partial charge in [0.1, 0.15) is 0 Å². The van der Waals surface area contributed by atoms with Crippen LogP contribution in [0.15, 0.2) is 30.3 Å². The molecule has 1 unspecified atom stereocenters. The zero-order valence-electron chi connectivity index (χ0n) is 8.73. The third-order valence-corrected chi connectivity index (χ3v) is 6.23. The molecule has 0 aliphatic heterocycles. The summed E-state index contributed by atoms with van der Waals surface area (Å²) in [5.41, 5.74) is 1.43. The van der Waals surface area contributed by atoms with E-state index in [9.17, 15) is 0 Å². The van der Waals surface area contributed by atoms with Crippen LogP contribution >= 0.6 is 0 Å². The van der Waals surface area contributed by atoms with Crippen molar-refractivity contribution in [3.8, 4) is 0 Å². The third kappa shape index (κ3) is 3.59. The second kappa shape index (κ2) is 5.72. The van der Waals surface area contributed by atoms with Crippen molar-refractivity contribution >= 4 is 34.0 Å². The molecular weight excluding hydrogens is 304 g/mol. The van der Waals surface area contributed by atoms with Crippen LogP contribution in [-0.2, 0) is 0 Å². The summed E-state index contributed by atoms with van der Waals surface area (Å²) in [6.07, 6.45) is 0. The Hall–Kier alpha value is -0.0710. The van der Waals surface area contributed by atoms with Crippen molar-refractivity contribution in [1.82, 2.24) is 4.90 Å². The fourth-order valence-corrected chi connectivity index (χ4v) is 4.31. The molecule has 76 valence electrons. The van der Waals surface area contributed by atoms with E-state index in [2.05, 4.69) is 71.8 Å². The Morgan fingerprint density at radius 1 is 1.29 bits per heavy atom. The van der Waals surface area contributed by atoms with Crippen molar-refractivity contribution in [2.24, 2.45) is 0 Å². The van der Waals surface area contributed by atoms with Crippen molar-refractivity contribution in [3.05, 3.63) is 35.9 Å². The molecule has 0 spiro atoms. The molecule has 0 aliphatic rings. The second-order valence-electron chi connectivity index (χ2n) is 3.33. The van der Waals surface area contributed by atoms with Crippen LogP contribution in [0, 0.1) is 0 Å². The Morgan fingerprint density at radius 2 is 1.86 bits per heavy atom. The molecule has 1 rings (SSSR count). The van der Waals surface area contributed by atoms with Crippen LogP contribution < -0.4 is 0 Å². The monoisotopic (exact) mass is 321 g/mol. The first-order valence-corrected chi connectivity index (χ1v) is 7.24. The quantitative estimate of drug-likeness (QED) is 0.756. The summed E-state index contributed by atoms with van der Waals surface area (Å²) >= 11 is 3.65. The number of nitrogens with zero attached hydrogens (tertiary/aromatic N) is 1. The van der Waals surface area contributed by atoms with Crippen molar-refractivity contribution < 1.29 is 0 Å². The summed E-state index contributed by atoms with van der Waals surface area (Å²) in [4.78, 5) is 2.81. The summed E-state index contributed by atoms with van der Waals surface area (Å²) in [6, 6.07) is 10.7. The first-order valence-electron chi connectivity index (χ1n) is 4.54. The molecule has 0 amide bonds. The topological polar surface area (TPSA) is 3.24 Å². The fraction of sp³-hybridized carbons (Fsp3) is 0.364. The van der Waals surface area contributed by atoms with Crippen LogP contribution in [-0.4, -0.2) is 53.0 Å². The molecule has 0 radical (unpaired) electrons. The van der Waals surface area contributed by atoms with Gasteiger partial charge in [0.2, 0.25) is 0 Å². The standard InChI is InChI=1S/C11H15NSe2/c1-9(14-11(13)12(2)3)10-7-5-4-6-8-10/h4-9H,1-3H3. The average molecular weight is 319 g/mol. The fourth-order valence-electron chi connectivity index (χ4n) is 1.05. The van der Waals surface area contributed by atoms with Crippen molar-refractivity contribution in [1.29, 1.82) is 0 Å². The third-order valence-electron chi connectivity index (χ3n) is 1.91. The summed E-state index contributed by atoms with van der Waals surface area (Å²) in [5.74, 6) is 0. The number of hydrogen-bond donors (Lipinski definition) is 0. The van der Waals surface area contributed by atoms with Crippen LogP contribution in [0.4, 0.5) is 0 Å². The van der Waals surface area contributed by atoms with Gasteiger partial charge in [0.05, 0.1) is 0 Å². The first kappa shape index (κ1) is 12.0. The molecule has 0 bridgehead atoms. The van der Waals surface area contributed by atoms with Gasteiger partial charge in [0.15, 0.2) is 0 Å². The van der Waals surface area contributed by atoms with E-state index in [1.54, 1.807) is 0 Å². The molecule has 0 fully saturated rings. The van der Waals surface area contributed by atoms with Gasteiger partial charge in [-0.3, -0.25) is 0 Å². The minimum absolute atomic E-state index is 0.505. The van der Waals surface area contributed by atoms with E-state index in [1.807, 2.05) is 0 Å². The number of hydrogen-bond acceptors (Lipinski definition) is 1. The van der Waals surface area contributed by atoms with Gasteiger partial charge in [-0.1, -0.05) is 0 Å². The Kier molecular flexibility index (Phi) is 4.91. The van der Waals surface area contributed by atoms with Crippen molar-refractivity contribution in [3.63, 3.8) is 0 Å². The molecule has 0 saturated carbocycles. The maximum atomic E-state index is 3.15. The zero-order valence-corrected chi connectivity index (χ0v) is 12.2. The Balaban J connectivity index is 2.59. The number of rotatable bonds is 4. The summed E-state index contributed by atoms with van der Waals surface area (Å²) < 4.78 is 1.37. The van der Waals surface area contributed by atoms with Gasteiger partial charge in [-0.15, -0.1) is 0 Å². The summed E-state index contributed by atoms with van der Waals surface area (Å²) in [7, 11) is 4.18. The number of benzene rings is 1. The van der Waals surface area contributed by atoms with E-state index < -0.39 is 0 Å². The molecule has 0 N–H and O–H groups in total. The summed E-state index contributed by atoms with van der Waals surface area (Å²) in [5, 5.41) is 0. The van der Waals surface area contributed by atoms with Gasteiger partial charge in [-0.2, -0.15) is 0 Å². The summed E-state index contributed by atoms with van der Waals surface area (Å²) in [6.45, 7) is 2.29. The van der Waals surface area contributed by atoms with Crippen LogP contribution in [0.2, 0.25) is 0 Å². The molecule has 0 saturated heterocycles. The molecule has 1 nitrogen and oxygen atoms in total. The SMILES string of the molecule is CC([Se]C(=[Se])N(C)C)c1ccccc1. The van der Waals surface area contributed by atoms with Gasteiger partial charge >= 0.3 is 101 Å². The molecular formula is C11H15NSe2. The van der Waals surface area contributed by atoms with Gasteiger partial charge in [-0.05, 0) is 0 Å². The Morgan fingerprint density at radius 3 is 2.36 bits per heavy atom. The maximum absolute atomic E-state index is 3.15. The zero-order chi connectivity index (χ0) is 10.6. The minimum atomic E-state index is 0.505. The van der Waals surface area contributed by atoms with E-state index in [0.717, 1.165) is 0 Å². The average Bonchev–Trinajstić information content (AvgIpc) is 2.19. The van der Waals surface area contributed by atoms with E-state index in [1.165, 1.54) is 9.00 Å². The first-order chi connectivity index (χ1) is 6.61. The predicted octanol–water partition coefficient (Wildman–Crippen LogP) is 1.27. The Bertz CT molecular complexity index is 295. The second-order valence-corrected chi connectivity index (χ2v) is 8.24. The molecule has 0 heterocycles. The Labute approximate surface area is 100 Å². The van der Waals surface area contributed by atoms with Gasteiger partial charge < -0.3 is 0 Å². The molecule has 14 heavy (non-hydrogen) atoms. The molecule has 1 aromatic rings. The van der Waals surface area contributed by atoms with Crippen LogP contribution in [0.3, 0.4) is 0 Å². The predicted molar refractivity (Wildman–Crippen MR) is 65.1 cm³/mol. The molecule has 0 aliphatic carbocycles. The van der Waals surface area contributed by atoms with E-state index in [-0.39, 0.29) is 0 Å². The van der Waals surface area contributed by atoms with E-state index in [0.29, 0.717) is 19.8 Å². The van der Waals surface area contributed by atoms with Crippen LogP contribution in [0.5, 0.6) is 0 Å². The molecule has 1 atom stereocenters. The van der Waals surface area contributed by atoms with E-state index in [4.69, 9.17) is 0 Å². The van der Waals surface area contributed by atoms with Crippen LogP contribution in [0.25, 0.3) is 0 Å². The van der Waals surface area contributed by atoms with Gasteiger partial charge in [0, 0.05) is 0 Å². The van der Waals surface area contributed by atoms with Crippen LogP contribution in [0.1, 0.15) is 17.3 Å². The normalized spacial score (nSPS) is 12.2. The molecule has 0 aromatic heterocycles. The van der Waals surface area contributed by atoms with Gasteiger partial charge in [-0.25, -0.2) is 0 Å². The van der Waals surface area contributed by atoms with Gasteiger partial charge in [0.25, 0.3) is 0 Å². The molecule has 3 heteroatoms. The van der Waals surface area contributed by atoms with E-state index >= 15 is 0 Å². The van der Waals surface area contributed by atoms with Crippen molar-refractivity contribution in [2.45, 2.75) is 11.7 Å². The molecule has 1 aromatic carbocycles. The van der Waals surface area contributed by atoms with Crippen molar-refractivity contribution in [2.75, 3.05) is 14.1 Å².